The van der Waals surface area contributed by atoms with Crippen molar-refractivity contribution >= 4 is 21.7 Å². The van der Waals surface area contributed by atoms with Gasteiger partial charge >= 0.3 is 5.97 Å². The van der Waals surface area contributed by atoms with Gasteiger partial charge in [0.05, 0.1) is 29.5 Å². The topological polar surface area (TPSA) is 101 Å². The monoisotopic (exact) mass is 389 g/mol. The molecule has 2 rings (SSSR count). The number of carboxylic acids is 1. The molecule has 0 spiro atoms. The summed E-state index contributed by atoms with van der Waals surface area (Å²) in [7, 11) is -3.28. The van der Waals surface area contributed by atoms with Gasteiger partial charge in [-0.1, -0.05) is 43.3 Å². The Hall–Kier alpha value is -2.67. The molecule has 0 aliphatic carbocycles. The minimum atomic E-state index is -3.28. The van der Waals surface area contributed by atoms with E-state index in [1.54, 1.807) is 31.2 Å². The highest BCUT2D eigenvalue weighted by atomic mass is 32.2. The molecule has 27 heavy (non-hydrogen) atoms. The predicted octanol–water partition coefficient (Wildman–Crippen LogP) is 2.66. The van der Waals surface area contributed by atoms with Crippen LogP contribution < -0.4 is 5.32 Å². The highest BCUT2D eigenvalue weighted by Gasteiger charge is 2.20. The zero-order chi connectivity index (χ0) is 20.0. The van der Waals surface area contributed by atoms with E-state index in [0.717, 1.165) is 11.1 Å². The Morgan fingerprint density at radius 3 is 2.26 bits per heavy atom. The maximum atomic E-state index is 12.4. The van der Waals surface area contributed by atoms with Crippen LogP contribution in [0, 0.1) is 6.92 Å². The molecule has 2 N–H and O–H groups in total. The lowest BCUT2D eigenvalue weighted by atomic mass is 9.98. The van der Waals surface area contributed by atoms with Crippen molar-refractivity contribution in [2.75, 3.05) is 5.75 Å². The molecule has 0 aliphatic heterocycles. The Bertz CT molecular complexity index is 920. The van der Waals surface area contributed by atoms with E-state index in [9.17, 15) is 18.0 Å². The normalized spacial score (nSPS) is 12.4. The van der Waals surface area contributed by atoms with E-state index in [2.05, 4.69) is 5.32 Å². The van der Waals surface area contributed by atoms with Gasteiger partial charge in [0, 0.05) is 0 Å². The standard InChI is InChI=1S/C20H23NO5S/c1-3-27(25,26)16-10-8-15(9-11-16)12-19(22)21-18(13-20(23)24)17-7-5-4-6-14(17)2/h4-11,18H,3,12-13H2,1-2H3,(H,21,22)(H,23,24). The lowest BCUT2D eigenvalue weighted by Gasteiger charge is -2.19. The largest absolute Gasteiger partial charge is 0.481 e. The van der Waals surface area contributed by atoms with Crippen molar-refractivity contribution in [2.45, 2.75) is 37.6 Å². The van der Waals surface area contributed by atoms with Crippen LogP contribution in [0.5, 0.6) is 0 Å². The van der Waals surface area contributed by atoms with E-state index in [-0.39, 0.29) is 29.4 Å². The van der Waals surface area contributed by atoms with Crippen LogP contribution in [0.15, 0.2) is 53.4 Å². The number of aryl methyl sites for hydroxylation is 1. The average Bonchev–Trinajstić information content (AvgIpc) is 2.61. The molecule has 0 aromatic heterocycles. The van der Waals surface area contributed by atoms with Crippen molar-refractivity contribution in [3.8, 4) is 0 Å². The number of carbonyl (C=O) groups is 2. The van der Waals surface area contributed by atoms with Crippen molar-refractivity contribution in [1.82, 2.24) is 5.32 Å². The highest BCUT2D eigenvalue weighted by Crippen LogP contribution is 2.21. The quantitative estimate of drug-likeness (QED) is 0.723. The van der Waals surface area contributed by atoms with Gasteiger partial charge in [-0.25, -0.2) is 8.42 Å². The number of rotatable bonds is 8. The Kier molecular flexibility index (Phi) is 6.74. The summed E-state index contributed by atoms with van der Waals surface area (Å²) < 4.78 is 23.7. The van der Waals surface area contributed by atoms with Crippen LogP contribution in [-0.4, -0.2) is 31.2 Å². The molecule has 0 fully saturated rings. The summed E-state index contributed by atoms with van der Waals surface area (Å²) in [6, 6.07) is 12.9. The first-order valence-electron chi connectivity index (χ1n) is 8.61. The number of amides is 1. The summed E-state index contributed by atoms with van der Waals surface area (Å²) in [5.41, 5.74) is 2.32. The van der Waals surface area contributed by atoms with Gasteiger partial charge in [-0.3, -0.25) is 9.59 Å². The molecular formula is C20H23NO5S. The van der Waals surface area contributed by atoms with Crippen molar-refractivity contribution in [1.29, 1.82) is 0 Å². The third-order valence-corrected chi connectivity index (χ3v) is 6.06. The van der Waals surface area contributed by atoms with Crippen molar-refractivity contribution in [3.63, 3.8) is 0 Å². The molecule has 0 saturated carbocycles. The molecule has 0 bridgehead atoms. The van der Waals surface area contributed by atoms with Gasteiger partial charge in [0.2, 0.25) is 5.91 Å². The molecule has 1 atom stereocenters. The van der Waals surface area contributed by atoms with E-state index in [0.29, 0.717) is 5.56 Å². The minimum absolute atomic E-state index is 0.0140. The smallest absolute Gasteiger partial charge is 0.305 e. The van der Waals surface area contributed by atoms with E-state index >= 15 is 0 Å². The number of benzene rings is 2. The number of sulfone groups is 1. The van der Waals surface area contributed by atoms with E-state index in [1.807, 2.05) is 19.1 Å². The first-order chi connectivity index (χ1) is 12.7. The SMILES string of the molecule is CCS(=O)(=O)c1ccc(CC(=O)NC(CC(=O)O)c2ccccc2C)cc1. The van der Waals surface area contributed by atoms with Gasteiger partial charge in [-0.05, 0) is 35.7 Å². The second kappa shape index (κ2) is 8.81. The molecule has 1 unspecified atom stereocenters. The molecule has 0 heterocycles. The van der Waals surface area contributed by atoms with Gasteiger partial charge in [-0.2, -0.15) is 0 Å². The van der Waals surface area contributed by atoms with Crippen molar-refractivity contribution in [3.05, 3.63) is 65.2 Å². The van der Waals surface area contributed by atoms with Gasteiger partial charge in [0.25, 0.3) is 0 Å². The number of carboxylic acid groups (broad SMARTS) is 1. The summed E-state index contributed by atoms with van der Waals surface area (Å²) in [5.74, 6) is -1.31. The second-order valence-corrected chi connectivity index (χ2v) is 8.58. The van der Waals surface area contributed by atoms with Gasteiger partial charge in [0.15, 0.2) is 9.84 Å². The van der Waals surface area contributed by atoms with Crippen LogP contribution >= 0.6 is 0 Å². The number of nitrogens with one attached hydrogen (secondary N) is 1. The Labute approximate surface area is 159 Å². The Balaban J connectivity index is 2.12. The number of hydrogen-bond donors (Lipinski definition) is 2. The van der Waals surface area contributed by atoms with Crippen molar-refractivity contribution in [2.24, 2.45) is 0 Å². The molecule has 0 saturated heterocycles. The van der Waals surface area contributed by atoms with Crippen LogP contribution in [0.4, 0.5) is 0 Å². The number of aliphatic carboxylic acids is 1. The fourth-order valence-electron chi connectivity index (χ4n) is 2.80. The minimum Gasteiger partial charge on any atom is -0.481 e. The van der Waals surface area contributed by atoms with Gasteiger partial charge < -0.3 is 10.4 Å². The van der Waals surface area contributed by atoms with E-state index in [4.69, 9.17) is 5.11 Å². The van der Waals surface area contributed by atoms with Crippen LogP contribution in [-0.2, 0) is 25.8 Å². The van der Waals surface area contributed by atoms with Crippen molar-refractivity contribution < 1.29 is 23.1 Å². The lowest BCUT2D eigenvalue weighted by Crippen LogP contribution is -2.31. The van der Waals surface area contributed by atoms with Gasteiger partial charge in [-0.15, -0.1) is 0 Å². The maximum absolute atomic E-state index is 12.4. The molecule has 2 aromatic carbocycles. The molecule has 144 valence electrons. The van der Waals surface area contributed by atoms with E-state index < -0.39 is 21.8 Å². The Morgan fingerprint density at radius 1 is 1.07 bits per heavy atom. The van der Waals surface area contributed by atoms with Crippen LogP contribution in [0.25, 0.3) is 0 Å². The zero-order valence-electron chi connectivity index (χ0n) is 15.3. The van der Waals surface area contributed by atoms with Crippen LogP contribution in [0.3, 0.4) is 0 Å². The highest BCUT2D eigenvalue weighted by molar-refractivity contribution is 7.91. The third kappa shape index (κ3) is 5.65. The van der Waals surface area contributed by atoms with Crippen LogP contribution in [0.1, 0.15) is 36.1 Å². The Morgan fingerprint density at radius 2 is 1.70 bits per heavy atom. The summed E-state index contributed by atoms with van der Waals surface area (Å²) in [6.07, 6.45) is -0.182. The fourth-order valence-corrected chi connectivity index (χ4v) is 3.69. The summed E-state index contributed by atoms with van der Waals surface area (Å²) in [4.78, 5) is 23.8. The third-order valence-electron chi connectivity index (χ3n) is 4.31. The van der Waals surface area contributed by atoms with Crippen LogP contribution in [0.2, 0.25) is 0 Å². The molecule has 6 nitrogen and oxygen atoms in total. The maximum Gasteiger partial charge on any atom is 0.305 e. The first kappa shape index (κ1) is 20.6. The summed E-state index contributed by atoms with van der Waals surface area (Å²) >= 11 is 0. The predicted molar refractivity (Wildman–Crippen MR) is 102 cm³/mol. The number of hydrogen-bond acceptors (Lipinski definition) is 4. The lowest BCUT2D eigenvalue weighted by molar-refractivity contribution is -0.137. The van der Waals surface area contributed by atoms with E-state index in [1.165, 1.54) is 12.1 Å². The number of carbonyl (C=O) groups excluding carboxylic acids is 1. The summed E-state index contributed by atoms with van der Waals surface area (Å²) in [6.45, 7) is 3.44. The molecular weight excluding hydrogens is 366 g/mol. The molecule has 7 heteroatoms. The molecule has 2 aromatic rings. The molecule has 1 amide bonds. The second-order valence-electron chi connectivity index (χ2n) is 6.30. The fraction of sp³-hybridized carbons (Fsp3) is 0.300. The molecule has 0 aliphatic rings. The zero-order valence-corrected chi connectivity index (χ0v) is 16.1. The summed E-state index contributed by atoms with van der Waals surface area (Å²) in [5, 5.41) is 11.9. The van der Waals surface area contributed by atoms with Gasteiger partial charge in [0.1, 0.15) is 0 Å². The molecule has 0 radical (unpaired) electrons. The average molecular weight is 389 g/mol. The first-order valence-corrected chi connectivity index (χ1v) is 10.3.